The molecule has 1 saturated carbocycles. The van der Waals surface area contributed by atoms with E-state index in [1.54, 1.807) is 0 Å². The molecule has 1 aliphatic rings. The number of hydrogen-bond acceptors (Lipinski definition) is 2. The summed E-state index contributed by atoms with van der Waals surface area (Å²) in [5, 5.41) is 3.55. The zero-order valence-corrected chi connectivity index (χ0v) is 10.1. The average Bonchev–Trinajstić information content (AvgIpc) is 2.30. The van der Waals surface area contributed by atoms with Crippen LogP contribution in [-0.2, 0) is 0 Å². The number of nitrogens with one attached hydrogen (secondary N) is 1. The third kappa shape index (κ3) is 3.52. The molecule has 2 unspecified atom stereocenters. The van der Waals surface area contributed by atoms with Gasteiger partial charge < -0.3 is 5.73 Å². The Morgan fingerprint density at radius 2 is 2.33 bits per heavy atom. The fraction of sp³-hybridized carbons (Fsp3) is 0.846. The van der Waals surface area contributed by atoms with E-state index in [0.29, 0.717) is 0 Å². The van der Waals surface area contributed by atoms with Gasteiger partial charge in [0.2, 0.25) is 0 Å². The van der Waals surface area contributed by atoms with Crippen LogP contribution in [0.25, 0.3) is 0 Å². The minimum atomic E-state index is 0.169. The highest BCUT2D eigenvalue weighted by Crippen LogP contribution is 2.33. The topological polar surface area (TPSA) is 38.0 Å². The van der Waals surface area contributed by atoms with E-state index in [4.69, 9.17) is 5.73 Å². The molecule has 0 aromatic carbocycles. The fourth-order valence-corrected chi connectivity index (χ4v) is 2.57. The summed E-state index contributed by atoms with van der Waals surface area (Å²) in [6.07, 6.45) is 6.40. The molecular formula is C13H24N2. The second-order valence-electron chi connectivity index (χ2n) is 4.64. The third-order valence-corrected chi connectivity index (χ3v) is 3.64. The average molecular weight is 208 g/mol. The normalized spacial score (nSPS) is 30.7. The monoisotopic (exact) mass is 208 g/mol. The SMILES string of the molecule is CC#CCNC1(CN)CCCC(CC)C1. The third-order valence-electron chi connectivity index (χ3n) is 3.64. The molecule has 2 atom stereocenters. The van der Waals surface area contributed by atoms with E-state index in [0.717, 1.165) is 19.0 Å². The van der Waals surface area contributed by atoms with Crippen molar-refractivity contribution in [3.63, 3.8) is 0 Å². The van der Waals surface area contributed by atoms with Crippen LogP contribution < -0.4 is 11.1 Å². The van der Waals surface area contributed by atoms with Gasteiger partial charge in [-0.05, 0) is 25.7 Å². The van der Waals surface area contributed by atoms with Gasteiger partial charge in [0.05, 0.1) is 6.54 Å². The van der Waals surface area contributed by atoms with Gasteiger partial charge in [0.1, 0.15) is 0 Å². The van der Waals surface area contributed by atoms with E-state index in [9.17, 15) is 0 Å². The van der Waals surface area contributed by atoms with E-state index in [2.05, 4.69) is 24.1 Å². The maximum Gasteiger partial charge on any atom is 0.0581 e. The van der Waals surface area contributed by atoms with E-state index in [1.165, 1.54) is 32.1 Å². The molecule has 0 aromatic rings. The van der Waals surface area contributed by atoms with Crippen LogP contribution in [0, 0.1) is 17.8 Å². The lowest BCUT2D eigenvalue weighted by molar-refractivity contribution is 0.187. The van der Waals surface area contributed by atoms with Crippen LogP contribution in [0.1, 0.15) is 46.0 Å². The quantitative estimate of drug-likeness (QED) is 0.692. The Bertz CT molecular complexity index is 239. The van der Waals surface area contributed by atoms with Crippen molar-refractivity contribution in [1.29, 1.82) is 0 Å². The molecule has 0 aliphatic heterocycles. The summed E-state index contributed by atoms with van der Waals surface area (Å²) >= 11 is 0. The highest BCUT2D eigenvalue weighted by molar-refractivity contribution is 5.02. The first-order valence-corrected chi connectivity index (χ1v) is 6.11. The lowest BCUT2D eigenvalue weighted by Gasteiger charge is -2.40. The Labute approximate surface area is 94.0 Å². The lowest BCUT2D eigenvalue weighted by atomic mass is 9.74. The van der Waals surface area contributed by atoms with Gasteiger partial charge >= 0.3 is 0 Å². The van der Waals surface area contributed by atoms with Gasteiger partial charge in [-0.25, -0.2) is 0 Å². The van der Waals surface area contributed by atoms with E-state index >= 15 is 0 Å². The Balaban J connectivity index is 2.52. The molecule has 15 heavy (non-hydrogen) atoms. The highest BCUT2D eigenvalue weighted by Gasteiger charge is 2.33. The summed E-state index contributed by atoms with van der Waals surface area (Å²) in [5.74, 6) is 6.84. The van der Waals surface area contributed by atoms with E-state index < -0.39 is 0 Å². The molecule has 3 N–H and O–H groups in total. The van der Waals surface area contributed by atoms with Crippen LogP contribution in [0.2, 0.25) is 0 Å². The van der Waals surface area contributed by atoms with Crippen molar-refractivity contribution < 1.29 is 0 Å². The molecule has 0 bridgehead atoms. The van der Waals surface area contributed by atoms with Crippen LogP contribution >= 0.6 is 0 Å². The number of hydrogen-bond donors (Lipinski definition) is 2. The predicted molar refractivity (Wildman–Crippen MR) is 65.5 cm³/mol. The summed E-state index contributed by atoms with van der Waals surface area (Å²) in [4.78, 5) is 0. The van der Waals surface area contributed by atoms with Crippen molar-refractivity contribution in [3.8, 4) is 11.8 Å². The maximum absolute atomic E-state index is 5.93. The van der Waals surface area contributed by atoms with E-state index in [1.807, 2.05) is 6.92 Å². The zero-order valence-electron chi connectivity index (χ0n) is 10.1. The lowest BCUT2D eigenvalue weighted by Crippen LogP contribution is -2.54. The summed E-state index contributed by atoms with van der Waals surface area (Å²) < 4.78 is 0. The maximum atomic E-state index is 5.93. The second-order valence-corrected chi connectivity index (χ2v) is 4.64. The van der Waals surface area contributed by atoms with Gasteiger partial charge in [-0.2, -0.15) is 0 Å². The zero-order chi connectivity index (χ0) is 11.1. The van der Waals surface area contributed by atoms with E-state index in [-0.39, 0.29) is 5.54 Å². The van der Waals surface area contributed by atoms with Crippen LogP contribution in [0.5, 0.6) is 0 Å². The minimum absolute atomic E-state index is 0.169. The molecule has 0 saturated heterocycles. The smallest absolute Gasteiger partial charge is 0.0581 e. The standard InChI is InChI=1S/C13H24N2/c1-3-5-9-15-13(11-14)8-6-7-12(4-2)10-13/h12,15H,4,6-11,14H2,1-2H3. The first kappa shape index (κ1) is 12.5. The van der Waals surface area contributed by atoms with Crippen LogP contribution in [0.4, 0.5) is 0 Å². The summed E-state index contributed by atoms with van der Waals surface area (Å²) in [7, 11) is 0. The van der Waals surface area contributed by atoms with Gasteiger partial charge in [-0.15, -0.1) is 5.92 Å². The van der Waals surface area contributed by atoms with Crippen molar-refractivity contribution in [2.24, 2.45) is 11.7 Å². The molecule has 0 amide bonds. The molecule has 0 spiro atoms. The molecule has 86 valence electrons. The first-order chi connectivity index (χ1) is 7.26. The number of rotatable bonds is 4. The largest absolute Gasteiger partial charge is 0.329 e. The summed E-state index contributed by atoms with van der Waals surface area (Å²) in [6.45, 7) is 5.69. The van der Waals surface area contributed by atoms with Crippen molar-refractivity contribution in [3.05, 3.63) is 0 Å². The molecule has 1 rings (SSSR count). The van der Waals surface area contributed by atoms with Gasteiger partial charge in [0.15, 0.2) is 0 Å². The van der Waals surface area contributed by atoms with Crippen LogP contribution in [0.3, 0.4) is 0 Å². The highest BCUT2D eigenvalue weighted by atomic mass is 15.0. The van der Waals surface area contributed by atoms with Crippen LogP contribution in [0.15, 0.2) is 0 Å². The second kappa shape index (κ2) is 6.15. The molecule has 0 aromatic heterocycles. The Hall–Kier alpha value is -0.520. The molecule has 0 heterocycles. The molecular weight excluding hydrogens is 184 g/mol. The Morgan fingerprint density at radius 1 is 1.53 bits per heavy atom. The van der Waals surface area contributed by atoms with Crippen molar-refractivity contribution in [2.75, 3.05) is 13.1 Å². The van der Waals surface area contributed by atoms with Gasteiger partial charge in [-0.1, -0.05) is 32.1 Å². The van der Waals surface area contributed by atoms with Gasteiger partial charge in [-0.3, -0.25) is 5.32 Å². The Kier molecular flexibility index (Phi) is 5.14. The minimum Gasteiger partial charge on any atom is -0.329 e. The summed E-state index contributed by atoms with van der Waals surface area (Å²) in [5.41, 5.74) is 6.10. The molecule has 0 radical (unpaired) electrons. The predicted octanol–water partition coefficient (Wildman–Crippen LogP) is 1.90. The van der Waals surface area contributed by atoms with Crippen molar-refractivity contribution in [1.82, 2.24) is 5.32 Å². The molecule has 1 aliphatic carbocycles. The van der Waals surface area contributed by atoms with Gasteiger partial charge in [0, 0.05) is 12.1 Å². The van der Waals surface area contributed by atoms with Gasteiger partial charge in [0.25, 0.3) is 0 Å². The molecule has 1 fully saturated rings. The number of nitrogens with two attached hydrogens (primary N) is 1. The molecule has 2 heteroatoms. The summed E-state index contributed by atoms with van der Waals surface area (Å²) in [6, 6.07) is 0. The van der Waals surface area contributed by atoms with Crippen molar-refractivity contribution in [2.45, 2.75) is 51.5 Å². The van der Waals surface area contributed by atoms with Crippen LogP contribution in [-0.4, -0.2) is 18.6 Å². The molecule has 2 nitrogen and oxygen atoms in total. The fourth-order valence-electron chi connectivity index (χ4n) is 2.57. The Morgan fingerprint density at radius 3 is 2.93 bits per heavy atom. The first-order valence-electron chi connectivity index (χ1n) is 6.11. The van der Waals surface area contributed by atoms with Crippen molar-refractivity contribution >= 4 is 0 Å².